The molecule has 0 aliphatic rings. The van der Waals surface area contributed by atoms with Gasteiger partial charge in [0.25, 0.3) is 0 Å². The van der Waals surface area contributed by atoms with Crippen LogP contribution in [0.4, 0.5) is 0 Å². The molecule has 1 aromatic carbocycles. The van der Waals surface area contributed by atoms with Gasteiger partial charge in [0.05, 0.1) is 20.1 Å². The van der Waals surface area contributed by atoms with Gasteiger partial charge in [-0.25, -0.2) is 0 Å². The van der Waals surface area contributed by atoms with Crippen molar-refractivity contribution in [2.75, 3.05) is 20.3 Å². The first-order chi connectivity index (χ1) is 9.56. The van der Waals surface area contributed by atoms with Crippen molar-refractivity contribution in [1.29, 1.82) is 0 Å². The second-order valence-electron chi connectivity index (χ2n) is 4.29. The Labute approximate surface area is 118 Å². The van der Waals surface area contributed by atoms with Gasteiger partial charge in [0.1, 0.15) is 6.61 Å². The summed E-state index contributed by atoms with van der Waals surface area (Å²) in [5, 5.41) is 0. The van der Waals surface area contributed by atoms with Gasteiger partial charge >= 0.3 is 5.97 Å². The SMILES string of the molecule is CCOC(=O)CCC(=O)COc1ccc(C)cc1OC. The lowest BCUT2D eigenvalue weighted by molar-refractivity contribution is -0.144. The van der Waals surface area contributed by atoms with Crippen molar-refractivity contribution in [2.24, 2.45) is 0 Å². The van der Waals surface area contributed by atoms with Crippen LogP contribution in [0.25, 0.3) is 0 Å². The van der Waals surface area contributed by atoms with Gasteiger partial charge in [-0.1, -0.05) is 6.07 Å². The Morgan fingerprint density at radius 2 is 1.90 bits per heavy atom. The number of carbonyl (C=O) groups excluding carboxylic acids is 2. The molecule has 0 saturated heterocycles. The Morgan fingerprint density at radius 1 is 1.15 bits per heavy atom. The predicted molar refractivity (Wildman–Crippen MR) is 74.1 cm³/mol. The van der Waals surface area contributed by atoms with Gasteiger partial charge < -0.3 is 14.2 Å². The molecule has 0 aromatic heterocycles. The second-order valence-corrected chi connectivity index (χ2v) is 4.29. The number of ketones is 1. The van der Waals surface area contributed by atoms with Crippen LogP contribution < -0.4 is 9.47 Å². The molecule has 0 bridgehead atoms. The van der Waals surface area contributed by atoms with Crippen molar-refractivity contribution < 1.29 is 23.8 Å². The van der Waals surface area contributed by atoms with E-state index in [0.717, 1.165) is 5.56 Å². The molecule has 0 spiro atoms. The molecule has 0 saturated carbocycles. The number of esters is 1. The van der Waals surface area contributed by atoms with Gasteiger partial charge in [-0.05, 0) is 31.5 Å². The zero-order chi connectivity index (χ0) is 15.0. The highest BCUT2D eigenvalue weighted by molar-refractivity contribution is 5.84. The van der Waals surface area contributed by atoms with E-state index in [1.54, 1.807) is 20.1 Å². The summed E-state index contributed by atoms with van der Waals surface area (Å²) < 4.78 is 15.3. The number of methoxy groups -OCH3 is 1. The quantitative estimate of drug-likeness (QED) is 0.684. The number of benzene rings is 1. The van der Waals surface area contributed by atoms with Crippen LogP contribution in [0.3, 0.4) is 0 Å². The number of rotatable bonds is 8. The van der Waals surface area contributed by atoms with E-state index in [-0.39, 0.29) is 31.2 Å². The summed E-state index contributed by atoms with van der Waals surface area (Å²) in [5.41, 5.74) is 1.04. The molecule has 0 aliphatic carbocycles. The van der Waals surface area contributed by atoms with Crippen LogP contribution in [-0.4, -0.2) is 32.1 Å². The molecule has 0 heterocycles. The third-order valence-electron chi connectivity index (χ3n) is 2.62. The molecule has 110 valence electrons. The number of aryl methyl sites for hydroxylation is 1. The number of ether oxygens (including phenoxy) is 3. The third-order valence-corrected chi connectivity index (χ3v) is 2.62. The Balaban J connectivity index is 2.43. The lowest BCUT2D eigenvalue weighted by Crippen LogP contribution is -2.14. The van der Waals surface area contributed by atoms with Crippen LogP contribution in [0.15, 0.2) is 18.2 Å². The van der Waals surface area contributed by atoms with Crippen molar-refractivity contribution in [3.63, 3.8) is 0 Å². The van der Waals surface area contributed by atoms with Gasteiger partial charge in [-0.2, -0.15) is 0 Å². The minimum absolute atomic E-state index is 0.0844. The molecular weight excluding hydrogens is 260 g/mol. The van der Waals surface area contributed by atoms with E-state index in [0.29, 0.717) is 18.1 Å². The molecule has 0 aliphatic heterocycles. The Morgan fingerprint density at radius 3 is 2.55 bits per heavy atom. The van der Waals surface area contributed by atoms with Crippen LogP contribution >= 0.6 is 0 Å². The first-order valence-electron chi connectivity index (χ1n) is 6.51. The maximum absolute atomic E-state index is 11.6. The fourth-order valence-electron chi connectivity index (χ4n) is 1.60. The molecule has 0 fully saturated rings. The minimum atomic E-state index is -0.367. The zero-order valence-corrected chi connectivity index (χ0v) is 12.1. The molecule has 0 atom stereocenters. The highest BCUT2D eigenvalue weighted by Crippen LogP contribution is 2.27. The molecule has 5 nitrogen and oxygen atoms in total. The van der Waals surface area contributed by atoms with Gasteiger partial charge in [-0.3, -0.25) is 9.59 Å². The van der Waals surface area contributed by atoms with Crippen LogP contribution in [0.5, 0.6) is 11.5 Å². The molecule has 0 radical (unpaired) electrons. The van der Waals surface area contributed by atoms with E-state index in [1.165, 1.54) is 0 Å². The van der Waals surface area contributed by atoms with E-state index in [2.05, 4.69) is 0 Å². The normalized spacial score (nSPS) is 9.95. The number of carbonyl (C=O) groups is 2. The van der Waals surface area contributed by atoms with Crippen molar-refractivity contribution in [1.82, 2.24) is 0 Å². The number of hydrogen-bond donors (Lipinski definition) is 0. The second kappa shape index (κ2) is 8.19. The smallest absolute Gasteiger partial charge is 0.306 e. The zero-order valence-electron chi connectivity index (χ0n) is 12.1. The summed E-state index contributed by atoms with van der Waals surface area (Å²) in [4.78, 5) is 22.7. The van der Waals surface area contributed by atoms with E-state index >= 15 is 0 Å². The predicted octanol–water partition coefficient (Wildman–Crippen LogP) is 2.29. The van der Waals surface area contributed by atoms with Crippen LogP contribution in [0.2, 0.25) is 0 Å². The fraction of sp³-hybridized carbons (Fsp3) is 0.467. The summed E-state index contributed by atoms with van der Waals surface area (Å²) in [6.07, 6.45) is 0.202. The Hall–Kier alpha value is -2.04. The first kappa shape index (κ1) is 16.0. The van der Waals surface area contributed by atoms with Gasteiger partial charge in [0.15, 0.2) is 17.3 Å². The van der Waals surface area contributed by atoms with Crippen LogP contribution in [0.1, 0.15) is 25.3 Å². The average molecular weight is 280 g/mol. The highest BCUT2D eigenvalue weighted by Gasteiger charge is 2.10. The summed E-state index contributed by atoms with van der Waals surface area (Å²) in [6, 6.07) is 5.46. The standard InChI is InChI=1S/C15H20O5/c1-4-19-15(17)8-6-12(16)10-20-13-7-5-11(2)9-14(13)18-3/h5,7,9H,4,6,8,10H2,1-3H3. The lowest BCUT2D eigenvalue weighted by Gasteiger charge is -2.10. The lowest BCUT2D eigenvalue weighted by atomic mass is 10.2. The van der Waals surface area contributed by atoms with E-state index in [9.17, 15) is 9.59 Å². The number of hydrogen-bond acceptors (Lipinski definition) is 5. The summed E-state index contributed by atoms with van der Waals surface area (Å²) in [5.74, 6) is 0.584. The molecule has 20 heavy (non-hydrogen) atoms. The van der Waals surface area contributed by atoms with Gasteiger partial charge in [0, 0.05) is 6.42 Å². The van der Waals surface area contributed by atoms with E-state index in [4.69, 9.17) is 14.2 Å². The highest BCUT2D eigenvalue weighted by atomic mass is 16.5. The maximum Gasteiger partial charge on any atom is 0.306 e. The van der Waals surface area contributed by atoms with Crippen molar-refractivity contribution in [2.45, 2.75) is 26.7 Å². The fourth-order valence-corrected chi connectivity index (χ4v) is 1.60. The minimum Gasteiger partial charge on any atom is -0.493 e. The molecule has 1 aromatic rings. The first-order valence-corrected chi connectivity index (χ1v) is 6.51. The van der Waals surface area contributed by atoms with E-state index in [1.807, 2.05) is 19.1 Å². The number of Topliss-reactive ketones (excluding diaryl/α,β-unsaturated/α-hetero) is 1. The van der Waals surface area contributed by atoms with Crippen molar-refractivity contribution in [3.8, 4) is 11.5 Å². The monoisotopic (exact) mass is 280 g/mol. The van der Waals surface area contributed by atoms with Gasteiger partial charge in [0.2, 0.25) is 0 Å². The Bertz CT molecular complexity index is 467. The van der Waals surface area contributed by atoms with E-state index < -0.39 is 0 Å². The molecule has 0 unspecified atom stereocenters. The molecular formula is C15H20O5. The average Bonchev–Trinajstić information content (AvgIpc) is 2.44. The van der Waals surface area contributed by atoms with Crippen molar-refractivity contribution >= 4 is 11.8 Å². The summed E-state index contributed by atoms with van der Waals surface area (Å²) in [6.45, 7) is 3.91. The molecule has 5 heteroatoms. The molecule has 0 amide bonds. The topological polar surface area (TPSA) is 61.8 Å². The van der Waals surface area contributed by atoms with Gasteiger partial charge in [-0.15, -0.1) is 0 Å². The maximum atomic E-state index is 11.6. The summed E-state index contributed by atoms with van der Waals surface area (Å²) >= 11 is 0. The molecule has 1 rings (SSSR count). The molecule has 0 N–H and O–H groups in total. The largest absolute Gasteiger partial charge is 0.493 e. The van der Waals surface area contributed by atoms with Crippen LogP contribution in [0, 0.1) is 6.92 Å². The van der Waals surface area contributed by atoms with Crippen molar-refractivity contribution in [3.05, 3.63) is 23.8 Å². The van der Waals surface area contributed by atoms with Crippen LogP contribution in [-0.2, 0) is 14.3 Å². The Kier molecular flexibility index (Phi) is 6.56. The summed E-state index contributed by atoms with van der Waals surface area (Å²) in [7, 11) is 1.55. The third kappa shape index (κ3) is 5.30.